The Balaban J connectivity index is 1.86. The molecule has 2 saturated heterocycles. The zero-order chi connectivity index (χ0) is 10.2. The molecule has 2 rings (SSSR count). The number of ether oxygens (including phenoxy) is 1. The van der Waals surface area contributed by atoms with Crippen LogP contribution >= 0.6 is 0 Å². The molecule has 14 heavy (non-hydrogen) atoms. The van der Waals surface area contributed by atoms with Gasteiger partial charge >= 0.3 is 0 Å². The highest BCUT2D eigenvalue weighted by molar-refractivity contribution is 5.81. The summed E-state index contributed by atoms with van der Waals surface area (Å²) >= 11 is 0. The van der Waals surface area contributed by atoms with Gasteiger partial charge in [-0.25, -0.2) is 0 Å². The van der Waals surface area contributed by atoms with Crippen molar-refractivity contribution in [1.82, 2.24) is 4.90 Å². The first-order valence-electron chi connectivity index (χ1n) is 5.25. The number of carbonyl (C=O) groups excluding carboxylic acids is 1. The average Bonchev–Trinajstić information content (AvgIpc) is 2.14. The molecular weight excluding hydrogens is 180 g/mol. The maximum atomic E-state index is 11.6. The lowest BCUT2D eigenvalue weighted by Gasteiger charge is -2.47. The summed E-state index contributed by atoms with van der Waals surface area (Å²) in [6, 6.07) is -0.360. The van der Waals surface area contributed by atoms with Gasteiger partial charge in [-0.2, -0.15) is 0 Å². The Hall–Kier alpha value is -0.610. The molecule has 0 unspecified atom stereocenters. The highest BCUT2D eigenvalue weighted by Crippen LogP contribution is 2.38. The van der Waals surface area contributed by atoms with Crippen LogP contribution in [-0.2, 0) is 9.53 Å². The average molecular weight is 198 g/mol. The molecule has 80 valence electrons. The van der Waals surface area contributed by atoms with Gasteiger partial charge in [0.25, 0.3) is 0 Å². The van der Waals surface area contributed by atoms with Crippen molar-refractivity contribution in [3.63, 3.8) is 0 Å². The largest absolute Gasteiger partial charge is 0.380 e. The molecule has 4 nitrogen and oxygen atoms in total. The van der Waals surface area contributed by atoms with Crippen LogP contribution in [-0.4, -0.2) is 43.2 Å². The number of carbonyl (C=O) groups is 1. The molecule has 4 heteroatoms. The lowest BCUT2D eigenvalue weighted by Crippen LogP contribution is -2.54. The minimum atomic E-state index is -0.360. The third-order valence-electron chi connectivity index (χ3n) is 3.34. The van der Waals surface area contributed by atoms with Crippen molar-refractivity contribution < 1.29 is 9.53 Å². The molecule has 1 amide bonds. The van der Waals surface area contributed by atoms with E-state index in [1.54, 1.807) is 6.92 Å². The van der Waals surface area contributed by atoms with E-state index in [1.807, 2.05) is 4.90 Å². The smallest absolute Gasteiger partial charge is 0.239 e. The van der Waals surface area contributed by atoms with Gasteiger partial charge in [0, 0.05) is 18.5 Å². The first kappa shape index (κ1) is 9.93. The monoisotopic (exact) mass is 198 g/mol. The summed E-state index contributed by atoms with van der Waals surface area (Å²) in [6.07, 6.45) is 2.15. The van der Waals surface area contributed by atoms with Gasteiger partial charge in [0.15, 0.2) is 0 Å². The van der Waals surface area contributed by atoms with E-state index < -0.39 is 0 Å². The SMILES string of the molecule is C[C@@H](N)C(=O)N1CCC2(CC1)COC2. The van der Waals surface area contributed by atoms with Gasteiger partial charge in [-0.1, -0.05) is 0 Å². The van der Waals surface area contributed by atoms with Crippen molar-refractivity contribution in [2.24, 2.45) is 11.1 Å². The maximum Gasteiger partial charge on any atom is 0.239 e. The van der Waals surface area contributed by atoms with E-state index in [4.69, 9.17) is 10.5 Å². The van der Waals surface area contributed by atoms with Gasteiger partial charge in [0.05, 0.1) is 19.3 Å². The minimum absolute atomic E-state index is 0.0834. The molecular formula is C10H18N2O2. The van der Waals surface area contributed by atoms with Crippen LogP contribution in [0.2, 0.25) is 0 Å². The second-order valence-corrected chi connectivity index (χ2v) is 4.61. The van der Waals surface area contributed by atoms with Crippen LogP contribution in [0.15, 0.2) is 0 Å². The number of hydrogen-bond acceptors (Lipinski definition) is 3. The van der Waals surface area contributed by atoms with Crippen LogP contribution in [0.25, 0.3) is 0 Å². The molecule has 2 fully saturated rings. The molecule has 1 spiro atoms. The van der Waals surface area contributed by atoms with E-state index in [9.17, 15) is 4.79 Å². The predicted molar refractivity (Wildman–Crippen MR) is 52.7 cm³/mol. The fraction of sp³-hybridized carbons (Fsp3) is 0.900. The molecule has 0 aromatic rings. The Morgan fingerprint density at radius 3 is 2.36 bits per heavy atom. The summed E-state index contributed by atoms with van der Waals surface area (Å²) in [5.41, 5.74) is 5.96. The normalized spacial score (nSPS) is 27.1. The number of nitrogens with zero attached hydrogens (tertiary/aromatic N) is 1. The van der Waals surface area contributed by atoms with Crippen molar-refractivity contribution in [3.8, 4) is 0 Å². The Morgan fingerprint density at radius 2 is 2.00 bits per heavy atom. The predicted octanol–water partition coefficient (Wildman–Crippen LogP) is -0.0274. The standard InChI is InChI=1S/C10H18N2O2/c1-8(11)9(13)12-4-2-10(3-5-12)6-14-7-10/h8H,2-7,11H2,1H3/t8-/m1/s1. The van der Waals surface area contributed by atoms with E-state index >= 15 is 0 Å². The first-order chi connectivity index (χ1) is 6.63. The van der Waals surface area contributed by atoms with Gasteiger partial charge in [-0.15, -0.1) is 0 Å². The van der Waals surface area contributed by atoms with Gasteiger partial charge in [0.1, 0.15) is 0 Å². The van der Waals surface area contributed by atoms with Crippen LogP contribution in [0.1, 0.15) is 19.8 Å². The molecule has 2 N–H and O–H groups in total. The number of nitrogens with two attached hydrogens (primary N) is 1. The molecule has 0 saturated carbocycles. The number of piperidine rings is 1. The zero-order valence-electron chi connectivity index (χ0n) is 8.66. The van der Waals surface area contributed by atoms with Gasteiger partial charge in [0.2, 0.25) is 5.91 Å². The highest BCUT2D eigenvalue weighted by atomic mass is 16.5. The Kier molecular flexibility index (Phi) is 2.49. The molecule has 2 heterocycles. The Labute approximate surface area is 84.4 Å². The van der Waals surface area contributed by atoms with Gasteiger partial charge < -0.3 is 15.4 Å². The van der Waals surface area contributed by atoms with Crippen molar-refractivity contribution in [1.29, 1.82) is 0 Å². The van der Waals surface area contributed by atoms with Crippen molar-refractivity contribution in [3.05, 3.63) is 0 Å². The first-order valence-corrected chi connectivity index (χ1v) is 5.25. The third-order valence-corrected chi connectivity index (χ3v) is 3.34. The number of rotatable bonds is 1. The lowest BCUT2D eigenvalue weighted by atomic mass is 9.77. The van der Waals surface area contributed by atoms with E-state index in [2.05, 4.69) is 0 Å². The van der Waals surface area contributed by atoms with Crippen molar-refractivity contribution in [2.75, 3.05) is 26.3 Å². The van der Waals surface area contributed by atoms with Crippen LogP contribution in [0.3, 0.4) is 0 Å². The molecule has 1 atom stereocenters. The summed E-state index contributed by atoms with van der Waals surface area (Å²) in [5.74, 6) is 0.0834. The fourth-order valence-corrected chi connectivity index (χ4v) is 2.17. The second kappa shape index (κ2) is 3.51. The molecule has 0 bridgehead atoms. The summed E-state index contributed by atoms with van der Waals surface area (Å²) in [7, 11) is 0. The Morgan fingerprint density at radius 1 is 1.43 bits per heavy atom. The van der Waals surface area contributed by atoms with Crippen molar-refractivity contribution in [2.45, 2.75) is 25.8 Å². The Bertz CT molecular complexity index is 226. The van der Waals surface area contributed by atoms with Gasteiger partial charge in [-0.05, 0) is 19.8 Å². The summed E-state index contributed by atoms with van der Waals surface area (Å²) in [4.78, 5) is 13.5. The van der Waals surface area contributed by atoms with E-state index in [0.29, 0.717) is 5.41 Å². The molecule has 0 aliphatic carbocycles. The number of amides is 1. The minimum Gasteiger partial charge on any atom is -0.380 e. The quantitative estimate of drug-likeness (QED) is 0.644. The summed E-state index contributed by atoms with van der Waals surface area (Å²) < 4.78 is 5.23. The van der Waals surface area contributed by atoms with Crippen LogP contribution in [0.5, 0.6) is 0 Å². The topological polar surface area (TPSA) is 55.6 Å². The van der Waals surface area contributed by atoms with Crippen LogP contribution in [0.4, 0.5) is 0 Å². The molecule has 0 radical (unpaired) electrons. The van der Waals surface area contributed by atoms with E-state index in [1.165, 1.54) is 0 Å². The summed E-state index contributed by atoms with van der Waals surface area (Å²) in [5, 5.41) is 0. The fourth-order valence-electron chi connectivity index (χ4n) is 2.17. The van der Waals surface area contributed by atoms with E-state index in [-0.39, 0.29) is 11.9 Å². The van der Waals surface area contributed by atoms with Gasteiger partial charge in [-0.3, -0.25) is 4.79 Å². The van der Waals surface area contributed by atoms with Crippen molar-refractivity contribution >= 4 is 5.91 Å². The second-order valence-electron chi connectivity index (χ2n) is 4.61. The summed E-state index contributed by atoms with van der Waals surface area (Å²) in [6.45, 7) is 5.22. The van der Waals surface area contributed by atoms with Crippen LogP contribution < -0.4 is 5.73 Å². The molecule has 2 aliphatic heterocycles. The molecule has 0 aromatic heterocycles. The highest BCUT2D eigenvalue weighted by Gasteiger charge is 2.42. The number of likely N-dealkylation sites (tertiary alicyclic amines) is 1. The third kappa shape index (κ3) is 1.64. The number of hydrogen-bond donors (Lipinski definition) is 1. The lowest BCUT2D eigenvalue weighted by molar-refractivity contribution is -0.153. The zero-order valence-corrected chi connectivity index (χ0v) is 8.66. The molecule has 0 aromatic carbocycles. The van der Waals surface area contributed by atoms with E-state index in [0.717, 1.165) is 39.1 Å². The molecule has 2 aliphatic rings. The van der Waals surface area contributed by atoms with Crippen LogP contribution in [0, 0.1) is 5.41 Å². The maximum absolute atomic E-state index is 11.6.